The molecule has 1 N–H and O–H groups in total. The molecule has 0 spiro atoms. The molecule has 19 heavy (non-hydrogen) atoms. The van der Waals surface area contributed by atoms with E-state index in [0.29, 0.717) is 23.3 Å². The maximum Gasteiger partial charge on any atom is 0.345 e. The van der Waals surface area contributed by atoms with Crippen molar-refractivity contribution in [2.45, 2.75) is 33.4 Å². The van der Waals surface area contributed by atoms with Gasteiger partial charge >= 0.3 is 5.97 Å². The number of aromatic carboxylic acids is 1. The molecule has 102 valence electrons. The van der Waals surface area contributed by atoms with E-state index in [9.17, 15) is 4.79 Å². The fourth-order valence-corrected chi connectivity index (χ4v) is 2.47. The molecule has 0 fully saturated rings. The van der Waals surface area contributed by atoms with Crippen molar-refractivity contribution in [3.63, 3.8) is 0 Å². The van der Waals surface area contributed by atoms with E-state index in [0.717, 1.165) is 10.4 Å². The molecule has 6 heteroatoms. The predicted octanol–water partition coefficient (Wildman–Crippen LogP) is 3.11. The maximum absolute atomic E-state index is 10.9. The van der Waals surface area contributed by atoms with Crippen molar-refractivity contribution in [2.75, 3.05) is 0 Å². The van der Waals surface area contributed by atoms with Gasteiger partial charge in [-0.3, -0.25) is 4.68 Å². The van der Waals surface area contributed by atoms with Crippen molar-refractivity contribution in [1.82, 2.24) is 9.78 Å². The molecule has 0 bridgehead atoms. The first-order chi connectivity index (χ1) is 8.97. The van der Waals surface area contributed by atoms with Crippen LogP contribution in [-0.4, -0.2) is 20.9 Å². The lowest BCUT2D eigenvalue weighted by molar-refractivity contribution is 0.0702. The zero-order chi connectivity index (χ0) is 14.0. The smallest absolute Gasteiger partial charge is 0.345 e. The molecule has 0 atom stereocenters. The van der Waals surface area contributed by atoms with Crippen LogP contribution in [0.15, 0.2) is 18.5 Å². The molecule has 0 saturated heterocycles. The van der Waals surface area contributed by atoms with Crippen molar-refractivity contribution >= 4 is 17.3 Å². The molecule has 0 aliphatic rings. The highest BCUT2D eigenvalue weighted by molar-refractivity contribution is 7.14. The summed E-state index contributed by atoms with van der Waals surface area (Å²) in [5, 5.41) is 13.1. The van der Waals surface area contributed by atoms with E-state index in [4.69, 9.17) is 9.84 Å². The van der Waals surface area contributed by atoms with Crippen molar-refractivity contribution < 1.29 is 14.6 Å². The van der Waals surface area contributed by atoms with Gasteiger partial charge in [0.1, 0.15) is 11.5 Å². The van der Waals surface area contributed by atoms with E-state index in [1.807, 2.05) is 31.6 Å². The first kappa shape index (κ1) is 13.6. The summed E-state index contributed by atoms with van der Waals surface area (Å²) in [5.41, 5.74) is 0.902. The summed E-state index contributed by atoms with van der Waals surface area (Å²) < 4.78 is 7.45. The Morgan fingerprint density at radius 2 is 2.32 bits per heavy atom. The van der Waals surface area contributed by atoms with Gasteiger partial charge in [0.2, 0.25) is 0 Å². The molecule has 5 nitrogen and oxygen atoms in total. The SMILES string of the molecule is Cc1sc(C(=O)O)cc1COc1cnn(C(C)C)c1. The van der Waals surface area contributed by atoms with Crippen molar-refractivity contribution in [2.24, 2.45) is 0 Å². The fourth-order valence-electron chi connectivity index (χ4n) is 1.61. The van der Waals surface area contributed by atoms with Crippen LogP contribution in [0.25, 0.3) is 0 Å². The highest BCUT2D eigenvalue weighted by atomic mass is 32.1. The summed E-state index contributed by atoms with van der Waals surface area (Å²) in [5.74, 6) is -0.205. The number of ether oxygens (including phenoxy) is 1. The quantitative estimate of drug-likeness (QED) is 0.914. The number of hydrogen-bond donors (Lipinski definition) is 1. The van der Waals surface area contributed by atoms with Gasteiger partial charge in [-0.05, 0) is 26.8 Å². The van der Waals surface area contributed by atoms with Crippen LogP contribution in [0.2, 0.25) is 0 Å². The van der Waals surface area contributed by atoms with E-state index in [1.54, 1.807) is 12.3 Å². The topological polar surface area (TPSA) is 64.3 Å². The van der Waals surface area contributed by atoms with Crippen LogP contribution in [0.5, 0.6) is 5.75 Å². The Kier molecular flexibility index (Phi) is 3.90. The van der Waals surface area contributed by atoms with Gasteiger partial charge in [-0.1, -0.05) is 0 Å². The number of thiophene rings is 1. The Morgan fingerprint density at radius 3 is 2.84 bits per heavy atom. The summed E-state index contributed by atoms with van der Waals surface area (Å²) in [6, 6.07) is 1.95. The van der Waals surface area contributed by atoms with Crippen LogP contribution >= 0.6 is 11.3 Å². The standard InChI is InChI=1S/C13H16N2O3S/c1-8(2)15-6-11(5-14-15)18-7-10-4-12(13(16)17)19-9(10)3/h4-6,8H,7H2,1-3H3,(H,16,17). The van der Waals surface area contributed by atoms with Gasteiger partial charge in [-0.15, -0.1) is 11.3 Å². The Bertz CT molecular complexity index is 586. The second-order valence-electron chi connectivity index (χ2n) is 4.54. The highest BCUT2D eigenvalue weighted by Gasteiger charge is 2.12. The minimum Gasteiger partial charge on any atom is -0.486 e. The second kappa shape index (κ2) is 5.44. The number of aromatic nitrogens is 2. The summed E-state index contributed by atoms with van der Waals surface area (Å²) >= 11 is 1.27. The molecule has 0 saturated carbocycles. The zero-order valence-electron chi connectivity index (χ0n) is 11.1. The first-order valence-corrected chi connectivity index (χ1v) is 6.78. The number of carboxylic acids is 1. The molecule has 2 aromatic heterocycles. The van der Waals surface area contributed by atoms with Crippen molar-refractivity contribution in [3.05, 3.63) is 33.8 Å². The molecular formula is C13H16N2O3S. The van der Waals surface area contributed by atoms with Crippen molar-refractivity contribution in [3.8, 4) is 5.75 Å². The number of hydrogen-bond acceptors (Lipinski definition) is 4. The predicted molar refractivity (Wildman–Crippen MR) is 73.0 cm³/mol. The summed E-state index contributed by atoms with van der Waals surface area (Å²) in [4.78, 5) is 12.2. The minimum absolute atomic E-state index is 0.291. The Labute approximate surface area is 115 Å². The third-order valence-electron chi connectivity index (χ3n) is 2.73. The van der Waals surface area contributed by atoms with Gasteiger partial charge in [0.15, 0.2) is 5.75 Å². The fraction of sp³-hybridized carbons (Fsp3) is 0.385. The molecule has 2 heterocycles. The normalized spacial score (nSPS) is 10.9. The molecular weight excluding hydrogens is 264 g/mol. The zero-order valence-corrected chi connectivity index (χ0v) is 11.9. The second-order valence-corrected chi connectivity index (χ2v) is 5.79. The molecule has 2 aromatic rings. The van der Waals surface area contributed by atoms with E-state index in [1.165, 1.54) is 11.3 Å². The van der Waals surface area contributed by atoms with Gasteiger partial charge in [0.05, 0.1) is 12.4 Å². The highest BCUT2D eigenvalue weighted by Crippen LogP contribution is 2.23. The van der Waals surface area contributed by atoms with E-state index < -0.39 is 5.97 Å². The van der Waals surface area contributed by atoms with Crippen LogP contribution in [-0.2, 0) is 6.61 Å². The number of rotatable bonds is 5. The van der Waals surface area contributed by atoms with E-state index in [-0.39, 0.29) is 0 Å². The molecule has 0 radical (unpaired) electrons. The largest absolute Gasteiger partial charge is 0.486 e. The summed E-state index contributed by atoms with van der Waals surface area (Å²) in [6.07, 6.45) is 3.50. The molecule has 0 aliphatic heterocycles. The Hall–Kier alpha value is -1.82. The van der Waals surface area contributed by atoms with Crippen LogP contribution < -0.4 is 4.74 Å². The Balaban J connectivity index is 2.03. The van der Waals surface area contributed by atoms with Gasteiger partial charge in [0, 0.05) is 16.5 Å². The minimum atomic E-state index is -0.896. The third kappa shape index (κ3) is 3.14. The van der Waals surface area contributed by atoms with Gasteiger partial charge in [0.25, 0.3) is 0 Å². The van der Waals surface area contributed by atoms with Crippen LogP contribution in [0.1, 0.15) is 40.0 Å². The van der Waals surface area contributed by atoms with Crippen molar-refractivity contribution in [1.29, 1.82) is 0 Å². The molecule has 0 aliphatic carbocycles. The van der Waals surface area contributed by atoms with Gasteiger partial charge in [-0.2, -0.15) is 5.10 Å². The van der Waals surface area contributed by atoms with Crippen LogP contribution in [0.3, 0.4) is 0 Å². The lowest BCUT2D eigenvalue weighted by atomic mass is 10.2. The lowest BCUT2D eigenvalue weighted by Gasteiger charge is -2.04. The summed E-state index contributed by atoms with van der Waals surface area (Å²) in [7, 11) is 0. The average molecular weight is 280 g/mol. The molecule has 0 amide bonds. The van der Waals surface area contributed by atoms with E-state index >= 15 is 0 Å². The van der Waals surface area contributed by atoms with Crippen LogP contribution in [0.4, 0.5) is 0 Å². The first-order valence-electron chi connectivity index (χ1n) is 5.97. The maximum atomic E-state index is 10.9. The monoisotopic (exact) mass is 280 g/mol. The number of aryl methyl sites for hydroxylation is 1. The summed E-state index contributed by atoms with van der Waals surface area (Å²) in [6.45, 7) is 6.34. The van der Waals surface area contributed by atoms with Gasteiger partial charge < -0.3 is 9.84 Å². The molecule has 2 rings (SSSR count). The van der Waals surface area contributed by atoms with Gasteiger partial charge in [-0.25, -0.2) is 4.79 Å². The van der Waals surface area contributed by atoms with Crippen LogP contribution in [0, 0.1) is 6.92 Å². The number of carboxylic acid groups (broad SMARTS) is 1. The molecule has 0 unspecified atom stereocenters. The molecule has 0 aromatic carbocycles. The lowest BCUT2D eigenvalue weighted by Crippen LogP contribution is -2.00. The Morgan fingerprint density at radius 1 is 1.58 bits per heavy atom. The van der Waals surface area contributed by atoms with E-state index in [2.05, 4.69) is 5.10 Å². The third-order valence-corrected chi connectivity index (χ3v) is 3.81. The number of carbonyl (C=O) groups is 1. The average Bonchev–Trinajstić information content (AvgIpc) is 2.93. The number of nitrogens with zero attached hydrogens (tertiary/aromatic N) is 2.